The fourth-order valence-electron chi connectivity index (χ4n) is 2.80. The van der Waals surface area contributed by atoms with Gasteiger partial charge in [0.15, 0.2) is 0 Å². The molecule has 1 aliphatic carbocycles. The maximum absolute atomic E-state index is 11.6. The molecular formula is C16H23NO2. The van der Waals surface area contributed by atoms with Crippen molar-refractivity contribution in [3.05, 3.63) is 29.3 Å². The Kier molecular flexibility index (Phi) is 3.83. The highest BCUT2D eigenvalue weighted by atomic mass is 16.5. The molecular weight excluding hydrogens is 238 g/mol. The zero-order chi connectivity index (χ0) is 14.0. The van der Waals surface area contributed by atoms with E-state index in [1.165, 1.54) is 26.4 Å². The Hall–Kier alpha value is -1.51. The van der Waals surface area contributed by atoms with Gasteiger partial charge in [-0.1, -0.05) is 19.9 Å². The molecule has 0 saturated heterocycles. The minimum absolute atomic E-state index is 0.283. The SMILES string of the molecule is COC(=O)c1ccc(C)c(NC2CCC(C)(C)C2)c1. The van der Waals surface area contributed by atoms with Crippen molar-refractivity contribution in [1.82, 2.24) is 0 Å². The lowest BCUT2D eigenvalue weighted by atomic mass is 9.92. The Morgan fingerprint density at radius 2 is 2.16 bits per heavy atom. The van der Waals surface area contributed by atoms with Gasteiger partial charge in [0.25, 0.3) is 0 Å². The van der Waals surface area contributed by atoms with E-state index >= 15 is 0 Å². The lowest BCUT2D eigenvalue weighted by molar-refractivity contribution is 0.0601. The van der Waals surface area contributed by atoms with E-state index in [1.54, 1.807) is 0 Å². The molecule has 1 unspecified atom stereocenters. The van der Waals surface area contributed by atoms with Gasteiger partial charge < -0.3 is 10.1 Å². The molecule has 3 heteroatoms. The summed E-state index contributed by atoms with van der Waals surface area (Å²) in [6.45, 7) is 6.68. The number of nitrogens with one attached hydrogen (secondary N) is 1. The van der Waals surface area contributed by atoms with Crippen LogP contribution in [0.1, 0.15) is 49.0 Å². The van der Waals surface area contributed by atoms with E-state index in [9.17, 15) is 4.79 Å². The highest BCUT2D eigenvalue weighted by Crippen LogP contribution is 2.38. The first-order valence-electron chi connectivity index (χ1n) is 6.87. The first kappa shape index (κ1) is 13.9. The molecule has 1 atom stereocenters. The van der Waals surface area contributed by atoms with Crippen molar-refractivity contribution in [2.45, 2.75) is 46.1 Å². The number of hydrogen-bond acceptors (Lipinski definition) is 3. The summed E-state index contributed by atoms with van der Waals surface area (Å²) in [7, 11) is 1.41. The van der Waals surface area contributed by atoms with Gasteiger partial charge in [-0.05, 0) is 49.3 Å². The van der Waals surface area contributed by atoms with E-state index in [4.69, 9.17) is 4.74 Å². The highest BCUT2D eigenvalue weighted by molar-refractivity contribution is 5.90. The molecule has 1 aromatic rings. The summed E-state index contributed by atoms with van der Waals surface area (Å²) in [4.78, 5) is 11.6. The van der Waals surface area contributed by atoms with E-state index in [-0.39, 0.29) is 5.97 Å². The molecule has 2 rings (SSSR count). The molecule has 0 aromatic heterocycles. The molecule has 3 nitrogen and oxygen atoms in total. The zero-order valence-electron chi connectivity index (χ0n) is 12.2. The van der Waals surface area contributed by atoms with Crippen molar-refractivity contribution in [2.75, 3.05) is 12.4 Å². The third-order valence-corrected chi connectivity index (χ3v) is 3.99. The molecule has 1 fully saturated rings. The second kappa shape index (κ2) is 5.24. The van der Waals surface area contributed by atoms with E-state index < -0.39 is 0 Å². The van der Waals surface area contributed by atoms with Crippen LogP contribution in [0, 0.1) is 12.3 Å². The largest absolute Gasteiger partial charge is 0.465 e. The van der Waals surface area contributed by atoms with Gasteiger partial charge in [0.2, 0.25) is 0 Å². The molecule has 0 amide bonds. The number of ether oxygens (including phenoxy) is 1. The second-order valence-electron chi connectivity index (χ2n) is 6.27. The van der Waals surface area contributed by atoms with E-state index in [2.05, 4.69) is 26.1 Å². The standard InChI is InChI=1S/C16H23NO2/c1-11-5-6-12(15(18)19-4)9-14(11)17-13-7-8-16(2,3)10-13/h5-6,9,13,17H,7-8,10H2,1-4H3. The minimum Gasteiger partial charge on any atom is -0.465 e. The quantitative estimate of drug-likeness (QED) is 0.842. The molecule has 1 N–H and O–H groups in total. The normalized spacial score (nSPS) is 21.2. The number of carbonyl (C=O) groups excluding carboxylic acids is 1. The number of esters is 1. The van der Waals surface area contributed by atoms with Crippen molar-refractivity contribution in [3.63, 3.8) is 0 Å². The third kappa shape index (κ3) is 3.28. The highest BCUT2D eigenvalue weighted by Gasteiger charge is 2.30. The molecule has 0 heterocycles. The van der Waals surface area contributed by atoms with Crippen molar-refractivity contribution in [2.24, 2.45) is 5.41 Å². The molecule has 0 bridgehead atoms. The van der Waals surface area contributed by atoms with Gasteiger partial charge >= 0.3 is 5.97 Å². The van der Waals surface area contributed by atoms with Gasteiger partial charge in [-0.3, -0.25) is 0 Å². The number of anilines is 1. The second-order valence-corrected chi connectivity index (χ2v) is 6.27. The van der Waals surface area contributed by atoms with Crippen molar-refractivity contribution in [3.8, 4) is 0 Å². The smallest absolute Gasteiger partial charge is 0.337 e. The zero-order valence-corrected chi connectivity index (χ0v) is 12.2. The molecule has 1 saturated carbocycles. The molecule has 104 valence electrons. The fourth-order valence-corrected chi connectivity index (χ4v) is 2.80. The molecule has 19 heavy (non-hydrogen) atoms. The first-order chi connectivity index (χ1) is 8.91. The number of hydrogen-bond donors (Lipinski definition) is 1. The predicted molar refractivity (Wildman–Crippen MR) is 77.6 cm³/mol. The lowest BCUT2D eigenvalue weighted by Crippen LogP contribution is -2.18. The molecule has 1 aliphatic rings. The number of methoxy groups -OCH3 is 1. The van der Waals surface area contributed by atoms with Gasteiger partial charge in [-0.25, -0.2) is 4.79 Å². The summed E-state index contributed by atoms with van der Waals surface area (Å²) < 4.78 is 4.77. The Balaban J connectivity index is 2.14. The molecule has 0 spiro atoms. The van der Waals surface area contributed by atoms with Crippen LogP contribution in [0.4, 0.5) is 5.69 Å². The fraction of sp³-hybridized carbons (Fsp3) is 0.562. The summed E-state index contributed by atoms with van der Waals surface area (Å²) in [6, 6.07) is 6.17. The van der Waals surface area contributed by atoms with Gasteiger partial charge in [0, 0.05) is 11.7 Å². The number of carbonyl (C=O) groups is 1. The van der Waals surface area contributed by atoms with Crippen LogP contribution in [0.5, 0.6) is 0 Å². The van der Waals surface area contributed by atoms with Gasteiger partial charge in [-0.15, -0.1) is 0 Å². The average molecular weight is 261 g/mol. The van der Waals surface area contributed by atoms with Gasteiger partial charge in [0.05, 0.1) is 12.7 Å². The maximum atomic E-state index is 11.6. The van der Waals surface area contributed by atoms with E-state index in [0.29, 0.717) is 17.0 Å². The van der Waals surface area contributed by atoms with E-state index in [0.717, 1.165) is 11.3 Å². The molecule has 0 aliphatic heterocycles. The first-order valence-corrected chi connectivity index (χ1v) is 6.87. The van der Waals surface area contributed by atoms with Crippen molar-refractivity contribution in [1.29, 1.82) is 0 Å². The summed E-state index contributed by atoms with van der Waals surface area (Å²) in [5.74, 6) is -0.283. The Labute approximate surface area is 115 Å². The van der Waals surface area contributed by atoms with Gasteiger partial charge in [-0.2, -0.15) is 0 Å². The van der Waals surface area contributed by atoms with Crippen molar-refractivity contribution >= 4 is 11.7 Å². The minimum atomic E-state index is -0.283. The Morgan fingerprint density at radius 3 is 2.74 bits per heavy atom. The van der Waals surface area contributed by atoms with Crippen LogP contribution in [-0.4, -0.2) is 19.1 Å². The summed E-state index contributed by atoms with van der Waals surface area (Å²) in [5.41, 5.74) is 3.24. The predicted octanol–water partition coefficient (Wildman–Crippen LogP) is 3.77. The van der Waals surface area contributed by atoms with Crippen LogP contribution in [0.2, 0.25) is 0 Å². The maximum Gasteiger partial charge on any atom is 0.337 e. The monoisotopic (exact) mass is 261 g/mol. The number of aryl methyl sites for hydroxylation is 1. The van der Waals surface area contributed by atoms with Crippen LogP contribution in [0.15, 0.2) is 18.2 Å². The van der Waals surface area contributed by atoms with Crippen LogP contribution in [0.25, 0.3) is 0 Å². The average Bonchev–Trinajstić information content (AvgIpc) is 2.70. The van der Waals surface area contributed by atoms with Crippen LogP contribution < -0.4 is 5.32 Å². The summed E-state index contributed by atoms with van der Waals surface area (Å²) in [6.07, 6.45) is 3.62. The summed E-state index contributed by atoms with van der Waals surface area (Å²) >= 11 is 0. The Bertz CT molecular complexity index is 480. The number of benzene rings is 1. The summed E-state index contributed by atoms with van der Waals surface area (Å²) in [5, 5.41) is 3.58. The lowest BCUT2D eigenvalue weighted by Gasteiger charge is -2.20. The van der Waals surface area contributed by atoms with Gasteiger partial charge in [0.1, 0.15) is 0 Å². The number of rotatable bonds is 3. The van der Waals surface area contributed by atoms with Crippen LogP contribution >= 0.6 is 0 Å². The van der Waals surface area contributed by atoms with E-state index in [1.807, 2.05) is 18.2 Å². The third-order valence-electron chi connectivity index (χ3n) is 3.99. The van der Waals surface area contributed by atoms with Crippen LogP contribution in [-0.2, 0) is 4.74 Å². The van der Waals surface area contributed by atoms with Crippen molar-refractivity contribution < 1.29 is 9.53 Å². The molecule has 1 aromatic carbocycles. The topological polar surface area (TPSA) is 38.3 Å². The van der Waals surface area contributed by atoms with Crippen LogP contribution in [0.3, 0.4) is 0 Å². The Morgan fingerprint density at radius 1 is 1.42 bits per heavy atom. The molecule has 0 radical (unpaired) electrons.